The van der Waals surface area contributed by atoms with E-state index in [0.29, 0.717) is 24.1 Å². The second-order valence-electron chi connectivity index (χ2n) is 13.3. The highest BCUT2D eigenvalue weighted by molar-refractivity contribution is 5.97. The fourth-order valence-corrected chi connectivity index (χ4v) is 5.84. The third-order valence-corrected chi connectivity index (χ3v) is 8.60. The van der Waals surface area contributed by atoms with Gasteiger partial charge in [-0.3, -0.25) is 28.8 Å². The minimum atomic E-state index is -1.60. The van der Waals surface area contributed by atoms with E-state index in [0.717, 1.165) is 0 Å². The maximum atomic E-state index is 13.7. The average molecular weight is 744 g/mol. The van der Waals surface area contributed by atoms with E-state index in [1.807, 2.05) is 13.8 Å². The number of imidazole rings is 1. The van der Waals surface area contributed by atoms with E-state index in [4.69, 9.17) is 11.5 Å². The highest BCUT2D eigenvalue weighted by Gasteiger charge is 2.39. The van der Waals surface area contributed by atoms with Gasteiger partial charge in [0.2, 0.25) is 35.4 Å². The van der Waals surface area contributed by atoms with Gasteiger partial charge in [0.15, 0.2) is 0 Å². The van der Waals surface area contributed by atoms with E-state index in [2.05, 4.69) is 31.2 Å². The Morgan fingerprint density at radius 3 is 2.15 bits per heavy atom. The van der Waals surface area contributed by atoms with Gasteiger partial charge in [0.05, 0.1) is 24.7 Å². The third-order valence-electron chi connectivity index (χ3n) is 8.60. The van der Waals surface area contributed by atoms with E-state index in [9.17, 15) is 48.9 Å². The summed E-state index contributed by atoms with van der Waals surface area (Å²) >= 11 is 0. The Hall–Kier alpha value is -5.56. The topological polar surface area (TPSA) is 312 Å². The summed E-state index contributed by atoms with van der Waals surface area (Å²) in [6.45, 7) is 2.97. The Kier molecular flexibility index (Phi) is 15.7. The van der Waals surface area contributed by atoms with Crippen molar-refractivity contribution in [3.05, 3.63) is 48.0 Å². The SMILES string of the molecule is CC(C)C[C@H](N)C(=O)N[C@@H](CCC(N)=O)C(=O)N1CCC[C@H]1C(=O)N[C@@H](CO)C(=O)N[C@@H](Cc1c[nH]cn1)C(=O)N[C@@H](Cc1ccc(O)cc1)C(=O)O. The van der Waals surface area contributed by atoms with E-state index < -0.39 is 84.3 Å². The van der Waals surface area contributed by atoms with Crippen LogP contribution >= 0.6 is 0 Å². The number of hydrogen-bond acceptors (Lipinski definition) is 11. The lowest BCUT2D eigenvalue weighted by Gasteiger charge is -2.30. The summed E-state index contributed by atoms with van der Waals surface area (Å²) in [6.07, 6.45) is 3.01. The summed E-state index contributed by atoms with van der Waals surface area (Å²) in [6, 6.07) is -1.95. The number of amides is 6. The van der Waals surface area contributed by atoms with Crippen molar-refractivity contribution in [3.8, 4) is 5.75 Å². The fourth-order valence-electron chi connectivity index (χ4n) is 5.84. The van der Waals surface area contributed by atoms with Crippen molar-refractivity contribution >= 4 is 41.4 Å². The molecule has 1 aliphatic rings. The van der Waals surface area contributed by atoms with Crippen molar-refractivity contribution in [2.75, 3.05) is 13.2 Å². The molecule has 0 spiro atoms. The van der Waals surface area contributed by atoms with Crippen molar-refractivity contribution in [2.24, 2.45) is 17.4 Å². The maximum Gasteiger partial charge on any atom is 0.326 e. The van der Waals surface area contributed by atoms with Crippen molar-refractivity contribution in [1.29, 1.82) is 0 Å². The number of carboxylic acid groups (broad SMARTS) is 1. The standard InChI is InChI=1S/C34H49N9O10/c1-18(2)12-22(35)29(47)39-23(9-10-28(36)46)33(51)43-11-3-4-27(43)32(50)42-26(16-44)31(49)40-24(14-20-15-37-17-38-20)30(48)41-25(34(52)53)13-19-5-7-21(45)8-6-19/h5-8,15,17-18,22-27,44-45H,3-4,9-14,16,35H2,1-2H3,(H2,36,46)(H,37,38)(H,39,47)(H,40,49)(H,41,48)(H,42,50)(H,52,53)/t22-,23-,24-,25-,26-,27-/m0/s1. The second kappa shape index (κ2) is 19.9. The molecule has 0 aliphatic carbocycles. The number of nitrogens with two attached hydrogens (primary N) is 2. The quantitative estimate of drug-likeness (QED) is 0.0676. The lowest BCUT2D eigenvalue weighted by atomic mass is 10.0. The first-order chi connectivity index (χ1) is 25.1. The van der Waals surface area contributed by atoms with Crippen molar-refractivity contribution in [2.45, 2.75) is 95.0 Å². The molecule has 290 valence electrons. The molecule has 1 saturated heterocycles. The first-order valence-corrected chi connectivity index (χ1v) is 17.2. The number of nitrogens with zero attached hydrogens (tertiary/aromatic N) is 2. The van der Waals surface area contributed by atoms with Gasteiger partial charge in [-0.25, -0.2) is 9.78 Å². The van der Waals surface area contributed by atoms with Gasteiger partial charge >= 0.3 is 5.97 Å². The number of nitrogens with one attached hydrogen (secondary N) is 5. The van der Waals surface area contributed by atoms with E-state index in [1.165, 1.54) is 41.7 Å². The molecule has 6 amide bonds. The highest BCUT2D eigenvalue weighted by atomic mass is 16.4. The summed E-state index contributed by atoms with van der Waals surface area (Å²) in [5.41, 5.74) is 12.1. The predicted molar refractivity (Wildman–Crippen MR) is 187 cm³/mol. The molecule has 1 fully saturated rings. The molecule has 0 radical (unpaired) electrons. The first-order valence-electron chi connectivity index (χ1n) is 17.2. The number of carbonyl (C=O) groups excluding carboxylic acids is 6. The summed E-state index contributed by atoms with van der Waals surface area (Å²) in [5.74, 6) is -5.93. The van der Waals surface area contributed by atoms with Gasteiger partial charge in [-0.05, 0) is 49.3 Å². The minimum Gasteiger partial charge on any atom is -0.508 e. The molecule has 0 bridgehead atoms. The van der Waals surface area contributed by atoms with Gasteiger partial charge in [-0.1, -0.05) is 26.0 Å². The van der Waals surface area contributed by atoms with Crippen LogP contribution in [0.15, 0.2) is 36.8 Å². The van der Waals surface area contributed by atoms with Crippen molar-refractivity contribution < 1.29 is 48.9 Å². The molecule has 19 heteroatoms. The number of hydrogen-bond donors (Lipinski definition) is 10. The molecule has 2 aromatic rings. The van der Waals surface area contributed by atoms with Crippen LogP contribution in [-0.4, -0.2) is 121 Å². The molecule has 1 aromatic heterocycles. The molecule has 3 rings (SSSR count). The minimum absolute atomic E-state index is 0.0279. The molecular formula is C34H49N9O10. The van der Waals surface area contributed by atoms with Crippen LogP contribution < -0.4 is 32.7 Å². The number of carbonyl (C=O) groups is 7. The molecular weight excluding hydrogens is 694 g/mol. The number of aliphatic hydroxyl groups is 1. The highest BCUT2D eigenvalue weighted by Crippen LogP contribution is 2.20. The first kappa shape index (κ1) is 41.9. The lowest BCUT2D eigenvalue weighted by Crippen LogP contribution is -2.60. The zero-order valence-electron chi connectivity index (χ0n) is 29.6. The monoisotopic (exact) mass is 743 g/mol. The molecule has 1 aliphatic heterocycles. The van der Waals surface area contributed by atoms with Crippen LogP contribution in [0.1, 0.15) is 57.2 Å². The molecule has 53 heavy (non-hydrogen) atoms. The summed E-state index contributed by atoms with van der Waals surface area (Å²) in [5, 5.41) is 39.3. The zero-order valence-corrected chi connectivity index (χ0v) is 29.6. The molecule has 1 aromatic carbocycles. The number of aromatic hydroxyl groups is 1. The molecule has 0 unspecified atom stereocenters. The molecule has 2 heterocycles. The fraction of sp³-hybridized carbons (Fsp3) is 0.529. The number of H-pyrrole nitrogens is 1. The smallest absolute Gasteiger partial charge is 0.326 e. The van der Waals surface area contributed by atoms with E-state index in [-0.39, 0.29) is 50.3 Å². The lowest BCUT2D eigenvalue weighted by molar-refractivity contribution is -0.143. The number of primary amides is 1. The van der Waals surface area contributed by atoms with Crippen LogP contribution in [-0.2, 0) is 46.4 Å². The van der Waals surface area contributed by atoms with Crippen LogP contribution in [0, 0.1) is 5.92 Å². The van der Waals surface area contributed by atoms with Gasteiger partial charge in [0.1, 0.15) is 36.0 Å². The number of aromatic amines is 1. The van der Waals surface area contributed by atoms with Crippen molar-refractivity contribution in [3.63, 3.8) is 0 Å². The zero-order chi connectivity index (χ0) is 39.2. The number of aliphatic hydroxyl groups excluding tert-OH is 1. The Morgan fingerprint density at radius 1 is 0.925 bits per heavy atom. The number of benzene rings is 1. The number of aromatic nitrogens is 2. The number of phenols is 1. The Balaban J connectivity index is 1.73. The van der Waals surface area contributed by atoms with E-state index in [1.54, 1.807) is 0 Å². The predicted octanol–water partition coefficient (Wildman–Crippen LogP) is -2.45. The molecule has 12 N–H and O–H groups in total. The van der Waals surface area contributed by atoms with Crippen LogP contribution in [0.2, 0.25) is 0 Å². The van der Waals surface area contributed by atoms with Gasteiger partial charge in [0.25, 0.3) is 0 Å². The van der Waals surface area contributed by atoms with Crippen molar-refractivity contribution in [1.82, 2.24) is 36.1 Å². The van der Waals surface area contributed by atoms with Gasteiger partial charge < -0.3 is 57.9 Å². The Labute approximate surface area is 305 Å². The van der Waals surface area contributed by atoms with E-state index >= 15 is 0 Å². The van der Waals surface area contributed by atoms with Gasteiger partial charge in [0, 0.05) is 32.0 Å². The molecule has 19 nitrogen and oxygen atoms in total. The summed E-state index contributed by atoms with van der Waals surface area (Å²) < 4.78 is 0. The number of phenolic OH excluding ortho intramolecular Hbond substituents is 1. The summed E-state index contributed by atoms with van der Waals surface area (Å²) in [7, 11) is 0. The number of rotatable bonds is 20. The normalized spacial score (nSPS) is 16.8. The van der Waals surface area contributed by atoms with Crippen LogP contribution in [0.5, 0.6) is 5.75 Å². The Bertz CT molecular complexity index is 1590. The molecule has 0 saturated carbocycles. The van der Waals surface area contributed by atoms with Crippen LogP contribution in [0.3, 0.4) is 0 Å². The van der Waals surface area contributed by atoms with Crippen LogP contribution in [0.4, 0.5) is 0 Å². The molecule has 6 atom stereocenters. The van der Waals surface area contributed by atoms with Gasteiger partial charge in [-0.15, -0.1) is 0 Å². The average Bonchev–Trinajstić information content (AvgIpc) is 3.81. The maximum absolute atomic E-state index is 13.7. The van der Waals surface area contributed by atoms with Crippen LogP contribution in [0.25, 0.3) is 0 Å². The third kappa shape index (κ3) is 12.9. The van der Waals surface area contributed by atoms with Gasteiger partial charge in [-0.2, -0.15) is 0 Å². The second-order valence-corrected chi connectivity index (χ2v) is 13.3. The Morgan fingerprint density at radius 2 is 1.57 bits per heavy atom. The number of aliphatic carboxylic acids is 1. The number of carboxylic acids is 1. The largest absolute Gasteiger partial charge is 0.508 e. The summed E-state index contributed by atoms with van der Waals surface area (Å²) in [4.78, 5) is 98.5. The number of likely N-dealkylation sites (tertiary alicyclic amines) is 1.